The van der Waals surface area contributed by atoms with Gasteiger partial charge in [0.15, 0.2) is 0 Å². The first-order chi connectivity index (χ1) is 15.0. The first-order valence-electron chi connectivity index (χ1n) is 10.1. The second kappa shape index (κ2) is 10.8. The second-order valence-corrected chi connectivity index (χ2v) is 8.31. The van der Waals surface area contributed by atoms with Crippen molar-refractivity contribution in [3.8, 4) is 6.07 Å². The maximum atomic E-state index is 12.6. The Morgan fingerprint density at radius 2 is 1.94 bits per heavy atom. The summed E-state index contributed by atoms with van der Waals surface area (Å²) in [5.74, 6) is -0.0666. The quantitative estimate of drug-likeness (QED) is 0.525. The molecule has 8 heteroatoms. The van der Waals surface area contributed by atoms with Crippen LogP contribution in [0.4, 0.5) is 11.4 Å². The van der Waals surface area contributed by atoms with Gasteiger partial charge in [0.25, 0.3) is 0 Å². The molecule has 0 aliphatic carbocycles. The normalized spacial score (nSPS) is 16.4. The van der Waals surface area contributed by atoms with E-state index in [-0.39, 0.29) is 17.9 Å². The van der Waals surface area contributed by atoms with Crippen molar-refractivity contribution in [2.75, 3.05) is 49.3 Å². The highest BCUT2D eigenvalue weighted by molar-refractivity contribution is 7.99. The number of piperazine rings is 1. The average Bonchev–Trinajstić information content (AvgIpc) is 2.79. The van der Waals surface area contributed by atoms with Gasteiger partial charge in [0.2, 0.25) is 5.91 Å². The predicted octanol–water partition coefficient (Wildman–Crippen LogP) is 3.24. The maximum Gasteiger partial charge on any atom is 0.337 e. The Labute approximate surface area is 187 Å². The van der Waals surface area contributed by atoms with Crippen LogP contribution in [0.1, 0.15) is 17.3 Å². The van der Waals surface area contributed by atoms with Crippen molar-refractivity contribution in [1.82, 2.24) is 4.90 Å². The first-order valence-corrected chi connectivity index (χ1v) is 11.1. The van der Waals surface area contributed by atoms with Crippen LogP contribution in [0.2, 0.25) is 0 Å². The highest BCUT2D eigenvalue weighted by Gasteiger charge is 2.25. The van der Waals surface area contributed by atoms with Crippen LogP contribution in [0.25, 0.3) is 0 Å². The van der Waals surface area contributed by atoms with E-state index in [0.717, 1.165) is 35.9 Å². The van der Waals surface area contributed by atoms with Gasteiger partial charge in [0.1, 0.15) is 0 Å². The number of methoxy groups -OCH3 is 1. The summed E-state index contributed by atoms with van der Waals surface area (Å²) in [6.45, 7) is 4.77. The number of nitriles is 1. The second-order valence-electron chi connectivity index (χ2n) is 7.30. The number of carbonyl (C=O) groups is 2. The van der Waals surface area contributed by atoms with Crippen LogP contribution < -0.4 is 10.2 Å². The number of ether oxygens (including phenoxy) is 1. The Morgan fingerprint density at radius 3 is 2.61 bits per heavy atom. The third kappa shape index (κ3) is 6.00. The zero-order valence-corrected chi connectivity index (χ0v) is 18.5. The Bertz CT molecular complexity index is 958. The van der Waals surface area contributed by atoms with E-state index < -0.39 is 0 Å². The van der Waals surface area contributed by atoms with Crippen molar-refractivity contribution in [3.63, 3.8) is 0 Å². The van der Waals surface area contributed by atoms with Gasteiger partial charge >= 0.3 is 5.97 Å². The van der Waals surface area contributed by atoms with Gasteiger partial charge in [-0.3, -0.25) is 9.69 Å². The molecule has 1 aliphatic rings. The molecule has 1 N–H and O–H groups in total. The summed E-state index contributed by atoms with van der Waals surface area (Å²) in [6, 6.07) is 17.2. The molecule has 1 amide bonds. The van der Waals surface area contributed by atoms with Crippen molar-refractivity contribution in [2.24, 2.45) is 0 Å². The van der Waals surface area contributed by atoms with Gasteiger partial charge in [0, 0.05) is 36.3 Å². The van der Waals surface area contributed by atoms with Crippen LogP contribution in [-0.2, 0) is 9.53 Å². The standard InChI is InChI=1S/C23H26N4O3S/c1-17-15-27(19-9-7-18(8-10-19)23(29)30-2)13-12-26(17)16-22(28)25-20-5-3-4-6-21(20)31-14-11-24/h3-10,17H,12-16H2,1-2H3,(H,25,28). The minimum atomic E-state index is -0.344. The van der Waals surface area contributed by atoms with Crippen LogP contribution in [0, 0.1) is 11.3 Å². The number of amides is 1. The lowest BCUT2D eigenvalue weighted by Gasteiger charge is -2.40. The monoisotopic (exact) mass is 438 g/mol. The number of hydrogen-bond acceptors (Lipinski definition) is 7. The first kappa shape index (κ1) is 22.7. The minimum absolute atomic E-state index is 0.0623. The van der Waals surface area contributed by atoms with Crippen LogP contribution in [0.3, 0.4) is 0 Å². The minimum Gasteiger partial charge on any atom is -0.465 e. The van der Waals surface area contributed by atoms with E-state index in [1.54, 1.807) is 12.1 Å². The predicted molar refractivity (Wildman–Crippen MR) is 122 cm³/mol. The summed E-state index contributed by atoms with van der Waals surface area (Å²) < 4.78 is 4.75. The highest BCUT2D eigenvalue weighted by Crippen LogP contribution is 2.27. The van der Waals surface area contributed by atoms with E-state index in [0.29, 0.717) is 17.9 Å². The molecule has 1 unspecified atom stereocenters. The largest absolute Gasteiger partial charge is 0.465 e. The molecular formula is C23H26N4O3S. The van der Waals surface area contributed by atoms with Crippen molar-refractivity contribution >= 4 is 35.0 Å². The number of esters is 1. The van der Waals surface area contributed by atoms with Crippen LogP contribution in [0.15, 0.2) is 53.4 Å². The van der Waals surface area contributed by atoms with E-state index in [1.807, 2.05) is 36.4 Å². The van der Waals surface area contributed by atoms with Crippen LogP contribution >= 0.6 is 11.8 Å². The fraction of sp³-hybridized carbons (Fsp3) is 0.348. The van der Waals surface area contributed by atoms with Gasteiger partial charge in [-0.1, -0.05) is 12.1 Å². The van der Waals surface area contributed by atoms with Crippen molar-refractivity contribution in [1.29, 1.82) is 5.26 Å². The van der Waals surface area contributed by atoms with E-state index in [2.05, 4.69) is 28.1 Å². The van der Waals surface area contributed by atoms with E-state index in [9.17, 15) is 9.59 Å². The number of hydrogen-bond donors (Lipinski definition) is 1. The number of thioether (sulfide) groups is 1. The van der Waals surface area contributed by atoms with Gasteiger partial charge < -0.3 is 15.0 Å². The van der Waals surface area contributed by atoms with Gasteiger partial charge in [-0.25, -0.2) is 4.79 Å². The number of para-hydroxylation sites is 1. The molecule has 162 valence electrons. The lowest BCUT2D eigenvalue weighted by molar-refractivity contribution is -0.117. The highest BCUT2D eigenvalue weighted by atomic mass is 32.2. The molecule has 0 radical (unpaired) electrons. The molecule has 0 saturated carbocycles. The third-order valence-corrected chi connectivity index (χ3v) is 6.16. The smallest absolute Gasteiger partial charge is 0.337 e. The van der Waals surface area contributed by atoms with Gasteiger partial charge in [-0.2, -0.15) is 5.26 Å². The molecule has 31 heavy (non-hydrogen) atoms. The van der Waals surface area contributed by atoms with Gasteiger partial charge in [-0.05, 0) is 43.3 Å². The van der Waals surface area contributed by atoms with Crippen molar-refractivity contribution in [2.45, 2.75) is 17.9 Å². The number of nitrogens with zero attached hydrogens (tertiary/aromatic N) is 3. The SMILES string of the molecule is COC(=O)c1ccc(N2CCN(CC(=O)Nc3ccccc3SCC#N)C(C)C2)cc1. The Hall–Kier alpha value is -3.02. The molecule has 7 nitrogen and oxygen atoms in total. The van der Waals surface area contributed by atoms with Crippen molar-refractivity contribution < 1.29 is 14.3 Å². The molecule has 2 aromatic rings. The third-order valence-electron chi connectivity index (χ3n) is 5.22. The molecule has 1 aliphatic heterocycles. The molecule has 1 fully saturated rings. The number of carbonyl (C=O) groups excluding carboxylic acids is 2. The lowest BCUT2D eigenvalue weighted by Crippen LogP contribution is -2.53. The summed E-state index contributed by atoms with van der Waals surface area (Å²) in [4.78, 5) is 29.6. The fourth-order valence-electron chi connectivity index (χ4n) is 3.57. The zero-order valence-electron chi connectivity index (χ0n) is 17.7. The summed E-state index contributed by atoms with van der Waals surface area (Å²) >= 11 is 1.41. The van der Waals surface area contributed by atoms with Gasteiger partial charge in [0.05, 0.1) is 36.7 Å². The lowest BCUT2D eigenvalue weighted by atomic mass is 10.1. The molecule has 0 spiro atoms. The molecule has 0 bridgehead atoms. The van der Waals surface area contributed by atoms with Gasteiger partial charge in [-0.15, -0.1) is 11.8 Å². The molecular weight excluding hydrogens is 412 g/mol. The van der Waals surface area contributed by atoms with Crippen molar-refractivity contribution in [3.05, 3.63) is 54.1 Å². The molecule has 0 aromatic heterocycles. The Balaban J connectivity index is 1.55. The molecule has 1 saturated heterocycles. The molecule has 2 aromatic carbocycles. The average molecular weight is 439 g/mol. The van der Waals surface area contributed by atoms with E-state index in [4.69, 9.17) is 10.00 Å². The summed E-state index contributed by atoms with van der Waals surface area (Å²) in [6.07, 6.45) is 0. The topological polar surface area (TPSA) is 85.7 Å². The van der Waals surface area contributed by atoms with Crippen LogP contribution in [0.5, 0.6) is 0 Å². The van der Waals surface area contributed by atoms with E-state index >= 15 is 0 Å². The Morgan fingerprint density at radius 1 is 1.19 bits per heavy atom. The molecule has 1 heterocycles. The summed E-state index contributed by atoms with van der Waals surface area (Å²) in [5.41, 5.74) is 2.32. The number of nitrogens with one attached hydrogen (secondary N) is 1. The number of benzene rings is 2. The van der Waals surface area contributed by atoms with Crippen LogP contribution in [-0.4, -0.2) is 61.9 Å². The number of anilines is 2. The zero-order chi connectivity index (χ0) is 22.2. The summed E-state index contributed by atoms with van der Waals surface area (Å²) in [7, 11) is 1.37. The molecule has 3 rings (SSSR count). The van der Waals surface area contributed by atoms with E-state index in [1.165, 1.54) is 18.9 Å². The summed E-state index contributed by atoms with van der Waals surface area (Å²) in [5, 5.41) is 11.8. The Kier molecular flexibility index (Phi) is 7.93. The fourth-order valence-corrected chi connectivity index (χ4v) is 4.24. The maximum absolute atomic E-state index is 12.6. The molecule has 1 atom stereocenters. The number of rotatable bonds is 7.